The largest absolute Gasteiger partial charge is 0.240 e. The molecule has 19 heavy (non-hydrogen) atoms. The molecule has 104 valence electrons. The van der Waals surface area contributed by atoms with Gasteiger partial charge in [0.05, 0.1) is 10.5 Å². The summed E-state index contributed by atoms with van der Waals surface area (Å²) in [6, 6.07) is 4.59. The van der Waals surface area contributed by atoms with E-state index in [1.165, 1.54) is 0 Å². The standard InChI is InChI=1S/C12H15FN2O2S2/c1-9(5-6-18-2)15-19(16,17)11-3-4-12(13)10(7-11)8-14/h3-4,7,9,15H,5-6H2,1-2H3. The smallest absolute Gasteiger partial charge is 0.208 e. The molecule has 0 amide bonds. The van der Waals surface area contributed by atoms with Crippen LogP contribution >= 0.6 is 11.8 Å². The highest BCUT2D eigenvalue weighted by atomic mass is 32.2. The van der Waals surface area contributed by atoms with Crippen LogP contribution in [-0.4, -0.2) is 26.5 Å². The molecule has 0 radical (unpaired) electrons. The Morgan fingerprint density at radius 3 is 2.79 bits per heavy atom. The number of sulfonamides is 1. The van der Waals surface area contributed by atoms with Crippen molar-refractivity contribution in [2.24, 2.45) is 0 Å². The zero-order valence-electron chi connectivity index (χ0n) is 10.7. The lowest BCUT2D eigenvalue weighted by molar-refractivity contribution is 0.556. The van der Waals surface area contributed by atoms with E-state index in [4.69, 9.17) is 5.26 Å². The molecular formula is C12H15FN2O2S2. The minimum absolute atomic E-state index is 0.0959. The molecule has 0 aliphatic rings. The van der Waals surface area contributed by atoms with E-state index in [1.54, 1.807) is 24.8 Å². The van der Waals surface area contributed by atoms with Crippen molar-refractivity contribution in [2.75, 3.05) is 12.0 Å². The van der Waals surface area contributed by atoms with E-state index in [0.29, 0.717) is 6.42 Å². The van der Waals surface area contributed by atoms with Gasteiger partial charge >= 0.3 is 0 Å². The van der Waals surface area contributed by atoms with Crippen molar-refractivity contribution in [2.45, 2.75) is 24.3 Å². The van der Waals surface area contributed by atoms with Crippen molar-refractivity contribution < 1.29 is 12.8 Å². The number of thioether (sulfide) groups is 1. The first-order valence-electron chi connectivity index (χ1n) is 5.61. The number of nitriles is 1. The van der Waals surface area contributed by atoms with Gasteiger partial charge in [-0.1, -0.05) is 0 Å². The van der Waals surface area contributed by atoms with E-state index in [0.717, 1.165) is 24.0 Å². The van der Waals surface area contributed by atoms with Crippen LogP contribution in [0.25, 0.3) is 0 Å². The zero-order chi connectivity index (χ0) is 14.5. The molecule has 0 heterocycles. The number of halogens is 1. The molecule has 1 rings (SSSR count). The number of nitrogens with zero attached hydrogens (tertiary/aromatic N) is 1. The molecule has 1 aromatic rings. The number of benzene rings is 1. The monoisotopic (exact) mass is 302 g/mol. The van der Waals surface area contributed by atoms with Gasteiger partial charge in [0, 0.05) is 6.04 Å². The second-order valence-electron chi connectivity index (χ2n) is 4.06. The molecule has 0 aromatic heterocycles. The van der Waals surface area contributed by atoms with Crippen LogP contribution in [0.1, 0.15) is 18.9 Å². The maximum absolute atomic E-state index is 13.1. The average Bonchev–Trinajstić information content (AvgIpc) is 2.36. The minimum atomic E-state index is -3.72. The number of nitrogens with one attached hydrogen (secondary N) is 1. The van der Waals surface area contributed by atoms with Gasteiger partial charge in [0.2, 0.25) is 10.0 Å². The third-order valence-corrected chi connectivity index (χ3v) is 4.71. The fraction of sp³-hybridized carbons (Fsp3) is 0.417. The summed E-state index contributed by atoms with van der Waals surface area (Å²) in [6.07, 6.45) is 2.65. The number of hydrogen-bond acceptors (Lipinski definition) is 4. The van der Waals surface area contributed by atoms with Gasteiger partial charge in [0.15, 0.2) is 0 Å². The molecule has 0 aliphatic heterocycles. The molecule has 4 nitrogen and oxygen atoms in total. The number of hydrogen-bond donors (Lipinski definition) is 1. The molecule has 1 N–H and O–H groups in total. The predicted octanol–water partition coefficient (Wildman–Crippen LogP) is 2.12. The summed E-state index contributed by atoms with van der Waals surface area (Å²) in [7, 11) is -3.72. The van der Waals surface area contributed by atoms with Crippen LogP contribution < -0.4 is 4.72 Å². The molecule has 1 atom stereocenters. The van der Waals surface area contributed by atoms with E-state index in [1.807, 2.05) is 6.26 Å². The highest BCUT2D eigenvalue weighted by molar-refractivity contribution is 7.98. The van der Waals surface area contributed by atoms with Crippen LogP contribution in [0.15, 0.2) is 23.1 Å². The number of rotatable bonds is 6. The highest BCUT2D eigenvalue weighted by Gasteiger charge is 2.18. The van der Waals surface area contributed by atoms with E-state index in [2.05, 4.69) is 4.72 Å². The molecule has 0 saturated heterocycles. The Bertz CT molecular complexity index is 582. The second-order valence-corrected chi connectivity index (χ2v) is 6.76. The zero-order valence-corrected chi connectivity index (χ0v) is 12.3. The Hall–Kier alpha value is -1.10. The lowest BCUT2D eigenvalue weighted by atomic mass is 10.2. The SMILES string of the molecule is CSCCC(C)NS(=O)(=O)c1ccc(F)c(C#N)c1. The van der Waals surface area contributed by atoms with Gasteiger partial charge in [0.1, 0.15) is 11.9 Å². The lowest BCUT2D eigenvalue weighted by Gasteiger charge is -2.13. The maximum atomic E-state index is 13.1. The van der Waals surface area contributed by atoms with Crippen molar-refractivity contribution in [1.29, 1.82) is 5.26 Å². The van der Waals surface area contributed by atoms with Crippen molar-refractivity contribution in [3.8, 4) is 6.07 Å². The highest BCUT2D eigenvalue weighted by Crippen LogP contribution is 2.15. The van der Waals surface area contributed by atoms with E-state index >= 15 is 0 Å². The normalized spacial score (nSPS) is 12.9. The predicted molar refractivity (Wildman–Crippen MR) is 73.9 cm³/mol. The van der Waals surface area contributed by atoms with E-state index in [-0.39, 0.29) is 16.5 Å². The summed E-state index contributed by atoms with van der Waals surface area (Å²) in [4.78, 5) is -0.0959. The Labute approximate surface area is 117 Å². The van der Waals surface area contributed by atoms with Crippen LogP contribution in [0.4, 0.5) is 4.39 Å². The van der Waals surface area contributed by atoms with Gasteiger partial charge in [0.25, 0.3) is 0 Å². The first kappa shape index (κ1) is 16.0. The van der Waals surface area contributed by atoms with Gasteiger partial charge in [-0.3, -0.25) is 0 Å². The van der Waals surface area contributed by atoms with Gasteiger partial charge in [-0.25, -0.2) is 17.5 Å². The van der Waals surface area contributed by atoms with Crippen LogP contribution in [0.2, 0.25) is 0 Å². The van der Waals surface area contributed by atoms with Crippen LogP contribution in [0.5, 0.6) is 0 Å². The fourth-order valence-corrected chi connectivity index (χ4v) is 3.34. The molecule has 1 aromatic carbocycles. The average molecular weight is 302 g/mol. The lowest BCUT2D eigenvalue weighted by Crippen LogP contribution is -2.33. The summed E-state index contributed by atoms with van der Waals surface area (Å²) < 4.78 is 39.7. The summed E-state index contributed by atoms with van der Waals surface area (Å²) in [5.41, 5.74) is -0.278. The van der Waals surface area contributed by atoms with Crippen LogP contribution in [0.3, 0.4) is 0 Å². The quantitative estimate of drug-likeness (QED) is 0.874. The topological polar surface area (TPSA) is 70.0 Å². The van der Waals surface area contributed by atoms with Crippen molar-refractivity contribution in [3.05, 3.63) is 29.6 Å². The Morgan fingerprint density at radius 2 is 2.21 bits per heavy atom. The van der Waals surface area contributed by atoms with Crippen molar-refractivity contribution in [3.63, 3.8) is 0 Å². The maximum Gasteiger partial charge on any atom is 0.240 e. The summed E-state index contributed by atoms with van der Waals surface area (Å²) in [6.45, 7) is 1.77. The van der Waals surface area contributed by atoms with E-state index < -0.39 is 15.8 Å². The molecule has 0 spiro atoms. The van der Waals surface area contributed by atoms with Gasteiger partial charge < -0.3 is 0 Å². The molecule has 0 bridgehead atoms. The first-order valence-corrected chi connectivity index (χ1v) is 8.49. The second kappa shape index (κ2) is 6.89. The first-order chi connectivity index (χ1) is 8.90. The van der Waals surface area contributed by atoms with Crippen LogP contribution in [-0.2, 0) is 10.0 Å². The molecular weight excluding hydrogens is 287 g/mol. The van der Waals surface area contributed by atoms with Crippen molar-refractivity contribution in [1.82, 2.24) is 4.72 Å². The molecule has 0 saturated carbocycles. The Balaban J connectivity index is 2.92. The van der Waals surface area contributed by atoms with Gasteiger partial charge in [-0.15, -0.1) is 0 Å². The molecule has 0 fully saturated rings. The molecule has 0 aliphatic carbocycles. The third-order valence-electron chi connectivity index (χ3n) is 2.48. The van der Waals surface area contributed by atoms with Crippen LogP contribution in [0, 0.1) is 17.1 Å². The third kappa shape index (κ3) is 4.49. The van der Waals surface area contributed by atoms with E-state index in [9.17, 15) is 12.8 Å². The summed E-state index contributed by atoms with van der Waals surface area (Å²) in [5, 5.41) is 8.70. The summed E-state index contributed by atoms with van der Waals surface area (Å²) >= 11 is 1.63. The van der Waals surface area contributed by atoms with Gasteiger partial charge in [-0.2, -0.15) is 17.0 Å². The fourth-order valence-electron chi connectivity index (χ4n) is 1.44. The minimum Gasteiger partial charge on any atom is -0.208 e. The molecule has 7 heteroatoms. The summed E-state index contributed by atoms with van der Waals surface area (Å²) in [5.74, 6) is 0.119. The Morgan fingerprint density at radius 1 is 1.53 bits per heavy atom. The Kier molecular flexibility index (Phi) is 5.79. The van der Waals surface area contributed by atoms with Crippen molar-refractivity contribution >= 4 is 21.8 Å². The van der Waals surface area contributed by atoms with Gasteiger partial charge in [-0.05, 0) is 43.6 Å². The molecule has 1 unspecified atom stereocenters.